The Bertz CT molecular complexity index is 980. The zero-order valence-electron chi connectivity index (χ0n) is 17.6. The first-order valence-corrected chi connectivity index (χ1v) is 10.6. The van der Waals surface area contributed by atoms with Crippen LogP contribution in [0.5, 0.6) is 0 Å². The van der Waals surface area contributed by atoms with E-state index in [9.17, 15) is 14.0 Å². The molecule has 2 aliphatic rings. The standard InChI is InChI=1S/C24H26FN3O3/c1-2-17-3-9-20(10-4-17)26-22-21(18-5-7-19(25)8-6-18)23(29)28(24(22)30)12-11-27-13-15-31-16-14-27/h3-10,26H,2,11-16H2,1H3. The topological polar surface area (TPSA) is 61.9 Å². The molecule has 1 fully saturated rings. The summed E-state index contributed by atoms with van der Waals surface area (Å²) in [4.78, 5) is 29.9. The van der Waals surface area contributed by atoms with Crippen LogP contribution in [-0.4, -0.2) is 61.0 Å². The van der Waals surface area contributed by atoms with Crippen molar-refractivity contribution in [3.05, 3.63) is 71.2 Å². The molecule has 0 saturated carbocycles. The average Bonchev–Trinajstić information content (AvgIpc) is 3.03. The zero-order valence-corrected chi connectivity index (χ0v) is 17.6. The third kappa shape index (κ3) is 4.68. The maximum atomic E-state index is 13.5. The van der Waals surface area contributed by atoms with Gasteiger partial charge in [-0.25, -0.2) is 4.39 Å². The highest BCUT2D eigenvalue weighted by Crippen LogP contribution is 2.30. The molecule has 162 valence electrons. The second-order valence-electron chi connectivity index (χ2n) is 7.65. The summed E-state index contributed by atoms with van der Waals surface area (Å²) in [6.07, 6.45) is 0.913. The van der Waals surface area contributed by atoms with Crippen LogP contribution in [0.3, 0.4) is 0 Å². The molecule has 1 saturated heterocycles. The van der Waals surface area contributed by atoms with Crippen molar-refractivity contribution in [1.29, 1.82) is 0 Å². The number of halogens is 1. The Morgan fingerprint density at radius 2 is 1.61 bits per heavy atom. The highest BCUT2D eigenvalue weighted by Gasteiger charge is 2.39. The van der Waals surface area contributed by atoms with Crippen molar-refractivity contribution < 1.29 is 18.7 Å². The van der Waals surface area contributed by atoms with Gasteiger partial charge in [0.25, 0.3) is 11.8 Å². The average molecular weight is 423 g/mol. The number of ether oxygens (including phenoxy) is 1. The largest absolute Gasteiger partial charge is 0.379 e. The summed E-state index contributed by atoms with van der Waals surface area (Å²) < 4.78 is 18.8. The fourth-order valence-corrected chi connectivity index (χ4v) is 3.81. The number of imide groups is 1. The minimum absolute atomic E-state index is 0.225. The molecular weight excluding hydrogens is 397 g/mol. The molecule has 2 aromatic rings. The number of carbonyl (C=O) groups excluding carboxylic acids is 2. The molecule has 0 bridgehead atoms. The molecule has 4 rings (SSSR count). The number of rotatable bonds is 7. The molecule has 0 aliphatic carbocycles. The van der Waals surface area contributed by atoms with Crippen molar-refractivity contribution in [1.82, 2.24) is 9.80 Å². The summed E-state index contributed by atoms with van der Waals surface area (Å²) >= 11 is 0. The molecular formula is C24H26FN3O3. The summed E-state index contributed by atoms with van der Waals surface area (Å²) in [6, 6.07) is 13.4. The molecule has 0 aromatic heterocycles. The third-order valence-corrected chi connectivity index (χ3v) is 5.68. The molecule has 31 heavy (non-hydrogen) atoms. The van der Waals surface area contributed by atoms with Gasteiger partial charge in [0, 0.05) is 31.9 Å². The lowest BCUT2D eigenvalue weighted by Crippen LogP contribution is -2.43. The van der Waals surface area contributed by atoms with Gasteiger partial charge in [-0.2, -0.15) is 0 Å². The molecule has 2 aromatic carbocycles. The zero-order chi connectivity index (χ0) is 21.8. The normalized spacial score (nSPS) is 17.5. The first kappa shape index (κ1) is 21.2. The van der Waals surface area contributed by atoms with Gasteiger partial charge in [-0.3, -0.25) is 19.4 Å². The molecule has 1 N–H and O–H groups in total. The van der Waals surface area contributed by atoms with Crippen LogP contribution in [0.2, 0.25) is 0 Å². The van der Waals surface area contributed by atoms with E-state index in [0.717, 1.165) is 25.2 Å². The van der Waals surface area contributed by atoms with Crippen LogP contribution >= 0.6 is 0 Å². The van der Waals surface area contributed by atoms with E-state index in [1.54, 1.807) is 0 Å². The van der Waals surface area contributed by atoms with Crippen LogP contribution in [0, 0.1) is 5.82 Å². The quantitative estimate of drug-likeness (QED) is 0.694. The molecule has 0 spiro atoms. The molecule has 2 heterocycles. The predicted octanol–water partition coefficient (Wildman–Crippen LogP) is 2.91. The maximum absolute atomic E-state index is 13.5. The minimum atomic E-state index is -0.394. The number of anilines is 1. The van der Waals surface area contributed by atoms with E-state index >= 15 is 0 Å². The van der Waals surface area contributed by atoms with E-state index in [2.05, 4.69) is 17.1 Å². The molecule has 0 atom stereocenters. The number of carbonyl (C=O) groups is 2. The molecule has 7 heteroatoms. The second-order valence-corrected chi connectivity index (χ2v) is 7.65. The highest BCUT2D eigenvalue weighted by atomic mass is 19.1. The van der Waals surface area contributed by atoms with Crippen molar-refractivity contribution in [3.63, 3.8) is 0 Å². The van der Waals surface area contributed by atoms with Crippen LogP contribution in [0.25, 0.3) is 5.57 Å². The molecule has 0 radical (unpaired) electrons. The van der Waals surface area contributed by atoms with Crippen molar-refractivity contribution in [3.8, 4) is 0 Å². The monoisotopic (exact) mass is 423 g/mol. The Hall–Kier alpha value is -3.03. The number of hydrogen-bond donors (Lipinski definition) is 1. The van der Waals surface area contributed by atoms with Gasteiger partial charge in [-0.1, -0.05) is 31.2 Å². The maximum Gasteiger partial charge on any atom is 0.278 e. The van der Waals surface area contributed by atoms with Gasteiger partial charge in [0.1, 0.15) is 11.5 Å². The Balaban J connectivity index is 1.60. The number of benzene rings is 2. The van der Waals surface area contributed by atoms with Gasteiger partial charge in [-0.05, 0) is 41.8 Å². The fraction of sp³-hybridized carbons (Fsp3) is 0.333. The third-order valence-electron chi connectivity index (χ3n) is 5.68. The summed E-state index contributed by atoms with van der Waals surface area (Å²) in [5, 5.41) is 3.14. The van der Waals surface area contributed by atoms with E-state index < -0.39 is 5.82 Å². The van der Waals surface area contributed by atoms with E-state index in [0.29, 0.717) is 31.9 Å². The lowest BCUT2D eigenvalue weighted by atomic mass is 10.0. The van der Waals surface area contributed by atoms with Crippen LogP contribution in [0.4, 0.5) is 10.1 Å². The van der Waals surface area contributed by atoms with Crippen molar-refractivity contribution in [2.75, 3.05) is 44.7 Å². The molecule has 0 unspecified atom stereocenters. The Morgan fingerprint density at radius 1 is 0.935 bits per heavy atom. The van der Waals surface area contributed by atoms with Crippen LogP contribution in [0.1, 0.15) is 18.1 Å². The number of aryl methyl sites for hydroxylation is 1. The van der Waals surface area contributed by atoms with E-state index in [1.165, 1.54) is 34.7 Å². The van der Waals surface area contributed by atoms with Crippen LogP contribution in [0.15, 0.2) is 54.2 Å². The predicted molar refractivity (Wildman–Crippen MR) is 117 cm³/mol. The first-order valence-electron chi connectivity index (χ1n) is 10.6. The summed E-state index contributed by atoms with van der Waals surface area (Å²) in [5.41, 5.74) is 2.91. The van der Waals surface area contributed by atoms with E-state index in [-0.39, 0.29) is 23.1 Å². The number of amides is 2. The van der Waals surface area contributed by atoms with Crippen molar-refractivity contribution in [2.45, 2.75) is 13.3 Å². The van der Waals surface area contributed by atoms with Crippen LogP contribution in [-0.2, 0) is 20.7 Å². The highest BCUT2D eigenvalue weighted by molar-refractivity contribution is 6.36. The van der Waals surface area contributed by atoms with Crippen molar-refractivity contribution in [2.24, 2.45) is 0 Å². The SMILES string of the molecule is CCc1ccc(NC2=C(c3ccc(F)cc3)C(=O)N(CCN3CCOCC3)C2=O)cc1. The molecule has 2 amide bonds. The van der Waals surface area contributed by atoms with Gasteiger partial charge < -0.3 is 10.1 Å². The fourth-order valence-electron chi connectivity index (χ4n) is 3.81. The van der Waals surface area contributed by atoms with E-state index in [1.807, 2.05) is 24.3 Å². The van der Waals surface area contributed by atoms with Gasteiger partial charge in [0.05, 0.1) is 18.8 Å². The number of nitrogens with zero attached hydrogens (tertiary/aromatic N) is 2. The van der Waals surface area contributed by atoms with Crippen molar-refractivity contribution >= 4 is 23.1 Å². The second kappa shape index (κ2) is 9.41. The first-order chi connectivity index (χ1) is 15.1. The molecule has 2 aliphatic heterocycles. The Morgan fingerprint density at radius 3 is 2.26 bits per heavy atom. The number of morpholine rings is 1. The number of hydrogen-bond acceptors (Lipinski definition) is 5. The Labute approximate surface area is 181 Å². The lowest BCUT2D eigenvalue weighted by Gasteiger charge is -2.28. The van der Waals surface area contributed by atoms with Gasteiger partial charge in [0.15, 0.2) is 0 Å². The van der Waals surface area contributed by atoms with Crippen LogP contribution < -0.4 is 5.32 Å². The Kier molecular flexibility index (Phi) is 6.44. The van der Waals surface area contributed by atoms with Gasteiger partial charge >= 0.3 is 0 Å². The summed E-state index contributed by atoms with van der Waals surface area (Å²) in [6.45, 7) is 5.83. The van der Waals surface area contributed by atoms with E-state index in [4.69, 9.17) is 4.74 Å². The van der Waals surface area contributed by atoms with Gasteiger partial charge in [-0.15, -0.1) is 0 Å². The minimum Gasteiger partial charge on any atom is -0.379 e. The number of nitrogens with one attached hydrogen (secondary N) is 1. The van der Waals surface area contributed by atoms with Gasteiger partial charge in [0.2, 0.25) is 0 Å². The molecule has 6 nitrogen and oxygen atoms in total. The smallest absolute Gasteiger partial charge is 0.278 e. The lowest BCUT2D eigenvalue weighted by molar-refractivity contribution is -0.137. The summed E-state index contributed by atoms with van der Waals surface area (Å²) in [5.74, 6) is -1.12. The summed E-state index contributed by atoms with van der Waals surface area (Å²) in [7, 11) is 0.